The molecule has 1 spiro atoms. The first-order valence-corrected chi connectivity index (χ1v) is 5.69. The standard InChI is InChI=1S/C13H18O/c1-12(2)5-7-13(8-6-12)9-10-3-4-11(13)14-10/h3-4H,5-9H2,1-2H3. The molecule has 1 aliphatic heterocycles. The Hall–Kier alpha value is -0.720. The second kappa shape index (κ2) is 2.44. The van der Waals surface area contributed by atoms with E-state index in [0.29, 0.717) is 10.8 Å². The number of rotatable bonds is 0. The van der Waals surface area contributed by atoms with Gasteiger partial charge in [-0.1, -0.05) is 13.8 Å². The lowest BCUT2D eigenvalue weighted by Crippen LogP contribution is -2.34. The highest BCUT2D eigenvalue weighted by Gasteiger charge is 2.45. The summed E-state index contributed by atoms with van der Waals surface area (Å²) in [5, 5.41) is 0. The lowest BCUT2D eigenvalue weighted by atomic mass is 9.62. The highest BCUT2D eigenvalue weighted by atomic mass is 16.3. The average molecular weight is 190 g/mol. The molecule has 1 aromatic rings. The van der Waals surface area contributed by atoms with Gasteiger partial charge >= 0.3 is 0 Å². The Morgan fingerprint density at radius 2 is 1.79 bits per heavy atom. The lowest BCUT2D eigenvalue weighted by Gasteiger charge is -2.40. The first-order chi connectivity index (χ1) is 6.60. The van der Waals surface area contributed by atoms with Gasteiger partial charge in [-0.25, -0.2) is 0 Å². The van der Waals surface area contributed by atoms with Crippen LogP contribution in [0, 0.1) is 5.41 Å². The topological polar surface area (TPSA) is 13.1 Å². The van der Waals surface area contributed by atoms with E-state index >= 15 is 0 Å². The maximum Gasteiger partial charge on any atom is 0.110 e. The van der Waals surface area contributed by atoms with Crippen molar-refractivity contribution in [2.75, 3.05) is 0 Å². The van der Waals surface area contributed by atoms with Gasteiger partial charge in [0.2, 0.25) is 0 Å². The molecule has 0 radical (unpaired) electrons. The van der Waals surface area contributed by atoms with Crippen molar-refractivity contribution in [1.29, 1.82) is 0 Å². The molecule has 0 saturated heterocycles. The van der Waals surface area contributed by atoms with Crippen molar-refractivity contribution >= 4 is 0 Å². The Morgan fingerprint density at radius 3 is 2.29 bits per heavy atom. The van der Waals surface area contributed by atoms with Crippen LogP contribution in [0.25, 0.3) is 0 Å². The predicted molar refractivity (Wildman–Crippen MR) is 56.3 cm³/mol. The number of hydrogen-bond acceptors (Lipinski definition) is 1. The zero-order chi connectivity index (χ0) is 9.81. The van der Waals surface area contributed by atoms with Gasteiger partial charge in [-0.15, -0.1) is 0 Å². The molecule has 2 heterocycles. The minimum Gasteiger partial charge on any atom is -0.465 e. The normalized spacial score (nSPS) is 27.0. The Bertz CT molecular complexity index is 349. The molecule has 2 bridgehead atoms. The summed E-state index contributed by atoms with van der Waals surface area (Å²) in [7, 11) is 0. The fraction of sp³-hybridized carbons (Fsp3) is 0.692. The molecule has 2 aliphatic rings. The fourth-order valence-corrected chi connectivity index (χ4v) is 3.01. The van der Waals surface area contributed by atoms with E-state index in [1.807, 2.05) is 0 Å². The van der Waals surface area contributed by atoms with Crippen LogP contribution in [0.2, 0.25) is 0 Å². The number of fused-ring (bicyclic) bond motifs is 3. The van der Waals surface area contributed by atoms with Crippen LogP contribution in [0.15, 0.2) is 16.5 Å². The first-order valence-electron chi connectivity index (χ1n) is 5.69. The summed E-state index contributed by atoms with van der Waals surface area (Å²) < 4.78 is 5.76. The van der Waals surface area contributed by atoms with Gasteiger partial charge in [-0.3, -0.25) is 0 Å². The van der Waals surface area contributed by atoms with Gasteiger partial charge in [0.1, 0.15) is 11.5 Å². The Labute approximate surface area is 85.5 Å². The quantitative estimate of drug-likeness (QED) is 0.608. The Kier molecular flexibility index (Phi) is 1.50. The molecule has 14 heavy (non-hydrogen) atoms. The SMILES string of the molecule is CC1(C)CCC2(CC1)Cc1ccc2o1. The van der Waals surface area contributed by atoms with E-state index in [-0.39, 0.29) is 0 Å². The predicted octanol–water partition coefficient (Wildman–Crippen LogP) is 3.67. The highest BCUT2D eigenvalue weighted by Crippen LogP contribution is 2.51. The molecule has 0 amide bonds. The van der Waals surface area contributed by atoms with Gasteiger partial charge in [0, 0.05) is 11.8 Å². The van der Waals surface area contributed by atoms with Crippen molar-refractivity contribution in [3.63, 3.8) is 0 Å². The van der Waals surface area contributed by atoms with Crippen LogP contribution in [0.1, 0.15) is 51.1 Å². The van der Waals surface area contributed by atoms with Crippen LogP contribution < -0.4 is 0 Å². The zero-order valence-electron chi connectivity index (χ0n) is 9.10. The third kappa shape index (κ3) is 1.08. The monoisotopic (exact) mass is 190 g/mol. The molecule has 0 aromatic carbocycles. The van der Waals surface area contributed by atoms with Crippen molar-refractivity contribution in [2.45, 2.75) is 51.4 Å². The first kappa shape index (κ1) is 8.58. The molecule has 1 saturated carbocycles. The second-order valence-corrected chi connectivity index (χ2v) is 5.89. The van der Waals surface area contributed by atoms with Crippen molar-refractivity contribution in [1.82, 2.24) is 0 Å². The molecule has 1 heteroatoms. The largest absolute Gasteiger partial charge is 0.465 e. The maximum atomic E-state index is 5.76. The summed E-state index contributed by atoms with van der Waals surface area (Å²) in [6.07, 6.45) is 6.52. The van der Waals surface area contributed by atoms with Crippen molar-refractivity contribution < 1.29 is 4.42 Å². The summed E-state index contributed by atoms with van der Waals surface area (Å²) in [4.78, 5) is 0. The van der Waals surface area contributed by atoms with Crippen LogP contribution in [0.5, 0.6) is 0 Å². The molecule has 3 rings (SSSR count). The molecular formula is C13H18O. The summed E-state index contributed by atoms with van der Waals surface area (Å²) in [5.41, 5.74) is 0.974. The second-order valence-electron chi connectivity index (χ2n) is 5.89. The van der Waals surface area contributed by atoms with E-state index in [1.54, 1.807) is 0 Å². The molecule has 0 unspecified atom stereocenters. The molecule has 76 valence electrons. The van der Waals surface area contributed by atoms with E-state index in [4.69, 9.17) is 4.42 Å². The Balaban J connectivity index is 1.86. The summed E-state index contributed by atoms with van der Waals surface area (Å²) in [6, 6.07) is 4.33. The molecule has 1 nitrogen and oxygen atoms in total. The average Bonchev–Trinajstić information content (AvgIpc) is 2.71. The van der Waals surface area contributed by atoms with Crippen molar-refractivity contribution in [3.05, 3.63) is 23.7 Å². The number of hydrogen-bond donors (Lipinski definition) is 0. The third-order valence-corrected chi connectivity index (χ3v) is 4.26. The van der Waals surface area contributed by atoms with Crippen LogP contribution in [-0.4, -0.2) is 0 Å². The van der Waals surface area contributed by atoms with Gasteiger partial charge in [-0.2, -0.15) is 0 Å². The summed E-state index contributed by atoms with van der Waals surface area (Å²) >= 11 is 0. The lowest BCUT2D eigenvalue weighted by molar-refractivity contribution is 0.159. The minimum atomic E-state index is 0.416. The highest BCUT2D eigenvalue weighted by molar-refractivity contribution is 5.28. The summed E-state index contributed by atoms with van der Waals surface area (Å²) in [6.45, 7) is 4.78. The molecule has 0 N–H and O–H groups in total. The summed E-state index contributed by atoms with van der Waals surface area (Å²) in [5.74, 6) is 2.47. The minimum absolute atomic E-state index is 0.416. The van der Waals surface area contributed by atoms with E-state index in [9.17, 15) is 0 Å². The molecular weight excluding hydrogens is 172 g/mol. The van der Waals surface area contributed by atoms with Crippen LogP contribution in [0.3, 0.4) is 0 Å². The van der Waals surface area contributed by atoms with E-state index < -0.39 is 0 Å². The molecule has 0 atom stereocenters. The van der Waals surface area contributed by atoms with Gasteiger partial charge in [-0.05, 0) is 43.2 Å². The van der Waals surface area contributed by atoms with Gasteiger partial charge < -0.3 is 4.42 Å². The smallest absolute Gasteiger partial charge is 0.110 e. The Morgan fingerprint density at radius 1 is 1.07 bits per heavy atom. The van der Waals surface area contributed by atoms with Gasteiger partial charge in [0.15, 0.2) is 0 Å². The van der Waals surface area contributed by atoms with Crippen molar-refractivity contribution in [3.8, 4) is 0 Å². The number of furan rings is 1. The zero-order valence-corrected chi connectivity index (χ0v) is 9.10. The molecule has 1 aliphatic carbocycles. The van der Waals surface area contributed by atoms with Gasteiger partial charge in [0.25, 0.3) is 0 Å². The van der Waals surface area contributed by atoms with E-state index in [1.165, 1.54) is 43.6 Å². The van der Waals surface area contributed by atoms with Gasteiger partial charge in [0.05, 0.1) is 0 Å². The molecule has 1 aromatic heterocycles. The fourth-order valence-electron chi connectivity index (χ4n) is 3.01. The maximum absolute atomic E-state index is 5.76. The van der Waals surface area contributed by atoms with Crippen molar-refractivity contribution in [2.24, 2.45) is 5.41 Å². The van der Waals surface area contributed by atoms with E-state index in [0.717, 1.165) is 0 Å². The molecule has 1 fully saturated rings. The van der Waals surface area contributed by atoms with E-state index in [2.05, 4.69) is 26.0 Å². The van der Waals surface area contributed by atoms with Crippen LogP contribution in [-0.2, 0) is 11.8 Å². The van der Waals surface area contributed by atoms with Crippen LogP contribution >= 0.6 is 0 Å². The third-order valence-electron chi connectivity index (χ3n) is 4.26. The van der Waals surface area contributed by atoms with Crippen LogP contribution in [0.4, 0.5) is 0 Å².